The summed E-state index contributed by atoms with van der Waals surface area (Å²) >= 11 is 0. The van der Waals surface area contributed by atoms with Gasteiger partial charge in [0.2, 0.25) is 5.91 Å². The number of amides is 2. The highest BCUT2D eigenvalue weighted by Crippen LogP contribution is 2.04. The number of hydrogen-bond acceptors (Lipinski definition) is 3. The Morgan fingerprint density at radius 1 is 1.20 bits per heavy atom. The minimum atomic E-state index is -1.37. The number of benzene rings is 1. The number of aliphatic carboxylic acids is 1. The number of carboxylic acids is 1. The maximum atomic E-state index is 12.0. The van der Waals surface area contributed by atoms with Gasteiger partial charge in [0, 0.05) is 12.6 Å². The molecule has 0 aliphatic rings. The van der Waals surface area contributed by atoms with E-state index in [1.807, 2.05) is 0 Å². The number of hydrogen-bond donors (Lipinski definition) is 2. The first-order valence-corrected chi connectivity index (χ1v) is 6.09. The van der Waals surface area contributed by atoms with E-state index in [0.717, 1.165) is 0 Å². The number of carbonyl (C=O) groups excluding carboxylic acids is 2. The minimum Gasteiger partial charge on any atom is -0.480 e. The summed E-state index contributed by atoms with van der Waals surface area (Å²) in [5.41, 5.74) is -0.895. The van der Waals surface area contributed by atoms with E-state index >= 15 is 0 Å². The predicted molar refractivity (Wildman–Crippen MR) is 73.3 cm³/mol. The molecule has 20 heavy (non-hydrogen) atoms. The van der Waals surface area contributed by atoms with Crippen molar-refractivity contribution in [1.29, 1.82) is 0 Å². The van der Waals surface area contributed by atoms with Crippen LogP contribution >= 0.6 is 0 Å². The van der Waals surface area contributed by atoms with Crippen molar-refractivity contribution < 1.29 is 19.5 Å². The van der Waals surface area contributed by atoms with Crippen LogP contribution in [-0.4, -0.2) is 46.9 Å². The smallest absolute Gasteiger partial charge is 0.328 e. The predicted octanol–water partition coefficient (Wildman–Crippen LogP) is 0.738. The van der Waals surface area contributed by atoms with E-state index in [-0.39, 0.29) is 12.5 Å². The summed E-state index contributed by atoms with van der Waals surface area (Å²) in [7, 11) is 1.49. The standard InChI is InChI=1S/C14H18N2O4/c1-14(2,13(19)20)15-11(17)9-16(3)12(18)10-7-5-4-6-8-10/h4-8H,9H2,1-3H3,(H,15,17)(H,19,20). The third kappa shape index (κ3) is 4.08. The summed E-state index contributed by atoms with van der Waals surface area (Å²) in [5, 5.41) is 11.3. The molecule has 0 unspecified atom stereocenters. The molecular formula is C14H18N2O4. The van der Waals surface area contributed by atoms with Crippen LogP contribution in [0.4, 0.5) is 0 Å². The molecule has 2 N–H and O–H groups in total. The average Bonchev–Trinajstić information content (AvgIpc) is 2.37. The Hall–Kier alpha value is -2.37. The van der Waals surface area contributed by atoms with Crippen LogP contribution in [0, 0.1) is 0 Å². The molecule has 0 saturated carbocycles. The van der Waals surface area contributed by atoms with Gasteiger partial charge in [0.05, 0.1) is 6.54 Å². The van der Waals surface area contributed by atoms with E-state index in [2.05, 4.69) is 5.32 Å². The molecule has 0 aliphatic carbocycles. The Labute approximate surface area is 117 Å². The van der Waals surface area contributed by atoms with Crippen LogP contribution in [0.1, 0.15) is 24.2 Å². The molecule has 1 aromatic rings. The van der Waals surface area contributed by atoms with E-state index < -0.39 is 17.4 Å². The van der Waals surface area contributed by atoms with Gasteiger partial charge < -0.3 is 15.3 Å². The van der Waals surface area contributed by atoms with Crippen LogP contribution in [0.5, 0.6) is 0 Å². The minimum absolute atomic E-state index is 0.204. The first-order chi connectivity index (χ1) is 9.24. The quantitative estimate of drug-likeness (QED) is 0.831. The van der Waals surface area contributed by atoms with E-state index in [4.69, 9.17) is 5.11 Å². The lowest BCUT2D eigenvalue weighted by Gasteiger charge is -2.23. The van der Waals surface area contributed by atoms with Gasteiger partial charge in [-0.15, -0.1) is 0 Å². The number of carbonyl (C=O) groups is 3. The molecule has 0 radical (unpaired) electrons. The lowest BCUT2D eigenvalue weighted by molar-refractivity contribution is -0.146. The number of likely N-dealkylation sites (N-methyl/N-ethyl adjacent to an activating group) is 1. The zero-order valence-electron chi connectivity index (χ0n) is 11.7. The Kier molecular flexibility index (Phi) is 4.85. The van der Waals surface area contributed by atoms with Crippen molar-refractivity contribution in [3.8, 4) is 0 Å². The van der Waals surface area contributed by atoms with Crippen molar-refractivity contribution >= 4 is 17.8 Å². The molecule has 0 aromatic heterocycles. The molecule has 0 heterocycles. The lowest BCUT2D eigenvalue weighted by atomic mass is 10.1. The summed E-state index contributed by atoms with van der Waals surface area (Å²) in [4.78, 5) is 35.9. The van der Waals surface area contributed by atoms with Crippen molar-refractivity contribution in [3.63, 3.8) is 0 Å². The first kappa shape index (κ1) is 15.7. The van der Waals surface area contributed by atoms with Crippen molar-refractivity contribution in [1.82, 2.24) is 10.2 Å². The van der Waals surface area contributed by atoms with Gasteiger partial charge in [-0.25, -0.2) is 4.79 Å². The first-order valence-electron chi connectivity index (χ1n) is 6.09. The summed E-state index contributed by atoms with van der Waals surface area (Å²) in [6.07, 6.45) is 0. The lowest BCUT2D eigenvalue weighted by Crippen LogP contribution is -2.52. The molecule has 0 fully saturated rings. The molecule has 0 bridgehead atoms. The van der Waals surface area contributed by atoms with Gasteiger partial charge in [-0.05, 0) is 26.0 Å². The summed E-state index contributed by atoms with van der Waals surface area (Å²) in [6, 6.07) is 8.55. The van der Waals surface area contributed by atoms with Gasteiger partial charge in [-0.2, -0.15) is 0 Å². The van der Waals surface area contributed by atoms with Crippen LogP contribution in [0.25, 0.3) is 0 Å². The van der Waals surface area contributed by atoms with Crippen molar-refractivity contribution in [3.05, 3.63) is 35.9 Å². The van der Waals surface area contributed by atoms with Crippen molar-refractivity contribution in [2.45, 2.75) is 19.4 Å². The van der Waals surface area contributed by atoms with E-state index in [1.54, 1.807) is 30.3 Å². The molecule has 6 heteroatoms. The van der Waals surface area contributed by atoms with Crippen molar-refractivity contribution in [2.24, 2.45) is 0 Å². The number of carboxylic acid groups (broad SMARTS) is 1. The van der Waals surface area contributed by atoms with Gasteiger partial charge >= 0.3 is 5.97 Å². The van der Waals surface area contributed by atoms with Gasteiger partial charge in [0.15, 0.2) is 0 Å². The molecule has 1 rings (SSSR count). The van der Waals surface area contributed by atoms with Crippen LogP contribution < -0.4 is 5.32 Å². The molecule has 2 amide bonds. The monoisotopic (exact) mass is 278 g/mol. The van der Waals surface area contributed by atoms with Crippen molar-refractivity contribution in [2.75, 3.05) is 13.6 Å². The molecule has 0 aliphatic heterocycles. The number of rotatable bonds is 5. The van der Waals surface area contributed by atoms with Crippen LogP contribution in [0.2, 0.25) is 0 Å². The Morgan fingerprint density at radius 3 is 2.25 bits per heavy atom. The van der Waals surface area contributed by atoms with Gasteiger partial charge in [0.1, 0.15) is 5.54 Å². The Balaban J connectivity index is 2.63. The van der Waals surface area contributed by atoms with Gasteiger partial charge in [0.25, 0.3) is 5.91 Å². The Morgan fingerprint density at radius 2 is 1.75 bits per heavy atom. The number of nitrogens with zero attached hydrogens (tertiary/aromatic N) is 1. The summed E-state index contributed by atoms with van der Waals surface area (Å²) in [5.74, 6) is -1.96. The maximum absolute atomic E-state index is 12.0. The fourth-order valence-electron chi connectivity index (χ4n) is 1.53. The molecule has 0 saturated heterocycles. The molecule has 0 spiro atoms. The highest BCUT2D eigenvalue weighted by atomic mass is 16.4. The van der Waals surface area contributed by atoms with Crippen LogP contribution in [0.15, 0.2) is 30.3 Å². The molecule has 6 nitrogen and oxygen atoms in total. The summed E-state index contributed by atoms with van der Waals surface area (Å²) < 4.78 is 0. The van der Waals surface area contributed by atoms with Gasteiger partial charge in [-0.1, -0.05) is 18.2 Å². The summed E-state index contributed by atoms with van der Waals surface area (Å²) in [6.45, 7) is 2.56. The van der Waals surface area contributed by atoms with E-state index in [1.165, 1.54) is 25.8 Å². The molecular weight excluding hydrogens is 260 g/mol. The normalized spacial score (nSPS) is 10.8. The van der Waals surface area contributed by atoms with Crippen LogP contribution in [0.3, 0.4) is 0 Å². The highest BCUT2D eigenvalue weighted by Gasteiger charge is 2.29. The molecule has 108 valence electrons. The zero-order valence-corrected chi connectivity index (χ0v) is 11.7. The number of nitrogens with one attached hydrogen (secondary N) is 1. The maximum Gasteiger partial charge on any atom is 0.328 e. The third-order valence-electron chi connectivity index (χ3n) is 2.73. The fourth-order valence-corrected chi connectivity index (χ4v) is 1.53. The van der Waals surface area contributed by atoms with Gasteiger partial charge in [-0.3, -0.25) is 9.59 Å². The molecule has 1 aromatic carbocycles. The SMILES string of the molecule is CN(CC(=O)NC(C)(C)C(=O)O)C(=O)c1ccccc1. The second-order valence-corrected chi connectivity index (χ2v) is 5.01. The topological polar surface area (TPSA) is 86.7 Å². The third-order valence-corrected chi connectivity index (χ3v) is 2.73. The highest BCUT2D eigenvalue weighted by molar-refractivity contribution is 5.96. The van der Waals surface area contributed by atoms with Crippen LogP contribution in [-0.2, 0) is 9.59 Å². The molecule has 0 atom stereocenters. The average molecular weight is 278 g/mol. The second-order valence-electron chi connectivity index (χ2n) is 5.01. The van der Waals surface area contributed by atoms with E-state index in [9.17, 15) is 14.4 Å². The Bertz CT molecular complexity index is 511. The fraction of sp³-hybridized carbons (Fsp3) is 0.357. The second kappa shape index (κ2) is 6.18. The zero-order chi connectivity index (χ0) is 15.3. The van der Waals surface area contributed by atoms with E-state index in [0.29, 0.717) is 5.56 Å². The largest absolute Gasteiger partial charge is 0.480 e.